The fourth-order valence-electron chi connectivity index (χ4n) is 1.81. The molecule has 0 N–H and O–H groups in total. The number of nitrogens with zero attached hydrogens (tertiary/aromatic N) is 1. The van der Waals surface area contributed by atoms with Gasteiger partial charge in [0.2, 0.25) is 0 Å². The number of hydrogen-bond donors (Lipinski definition) is 0. The molecule has 1 aromatic carbocycles. The molecule has 1 aromatic rings. The van der Waals surface area contributed by atoms with E-state index < -0.39 is 5.60 Å². The third kappa shape index (κ3) is 3.67. The van der Waals surface area contributed by atoms with Crippen LogP contribution in [0.15, 0.2) is 24.3 Å². The van der Waals surface area contributed by atoms with E-state index in [1.54, 1.807) is 4.90 Å². The quantitative estimate of drug-likeness (QED) is 0.778. The molecular formula is C16H19NO3. The summed E-state index contributed by atoms with van der Waals surface area (Å²) in [5.41, 5.74) is 0.356. The second kappa shape index (κ2) is 5.46. The standard InChI is InChI=1S/C16H19NO3/c1-5-12-6-8-13(9-7-12)19-14-10-17(11-14)15(18)20-16(2,3)4/h1,6-9,14H,10-11H2,2-4H3. The molecule has 0 saturated carbocycles. The smallest absolute Gasteiger partial charge is 0.410 e. The Hall–Kier alpha value is -2.15. The van der Waals surface area contributed by atoms with Crippen molar-refractivity contribution in [1.82, 2.24) is 4.90 Å². The van der Waals surface area contributed by atoms with Crippen molar-refractivity contribution in [3.63, 3.8) is 0 Å². The van der Waals surface area contributed by atoms with E-state index in [0.717, 1.165) is 11.3 Å². The van der Waals surface area contributed by atoms with Crippen LogP contribution >= 0.6 is 0 Å². The number of ether oxygens (including phenoxy) is 2. The van der Waals surface area contributed by atoms with Crippen molar-refractivity contribution in [2.24, 2.45) is 0 Å². The predicted molar refractivity (Wildman–Crippen MR) is 76.6 cm³/mol. The zero-order valence-corrected chi connectivity index (χ0v) is 12.1. The molecule has 4 heteroatoms. The maximum absolute atomic E-state index is 11.7. The van der Waals surface area contributed by atoms with Crippen LogP contribution in [0.1, 0.15) is 26.3 Å². The molecule has 0 aromatic heterocycles. The summed E-state index contributed by atoms with van der Waals surface area (Å²) < 4.78 is 11.0. The number of hydrogen-bond acceptors (Lipinski definition) is 3. The maximum atomic E-state index is 11.7. The van der Waals surface area contributed by atoms with Crippen molar-refractivity contribution in [3.8, 4) is 18.1 Å². The van der Waals surface area contributed by atoms with Crippen LogP contribution in [0.5, 0.6) is 5.75 Å². The Bertz CT molecular complexity index is 516. The van der Waals surface area contributed by atoms with Gasteiger partial charge in [-0.1, -0.05) is 5.92 Å². The Morgan fingerprint density at radius 2 is 1.90 bits per heavy atom. The Kier molecular flexibility index (Phi) is 3.89. The molecule has 1 aliphatic rings. The summed E-state index contributed by atoms with van der Waals surface area (Å²) in [4.78, 5) is 13.4. The zero-order chi connectivity index (χ0) is 14.8. The van der Waals surface area contributed by atoms with Gasteiger partial charge in [-0.25, -0.2) is 4.79 Å². The number of rotatable bonds is 2. The number of likely N-dealkylation sites (tertiary alicyclic amines) is 1. The fraction of sp³-hybridized carbons (Fsp3) is 0.438. The Morgan fingerprint density at radius 3 is 2.40 bits per heavy atom. The van der Waals surface area contributed by atoms with Gasteiger partial charge in [0.05, 0.1) is 13.1 Å². The van der Waals surface area contributed by atoms with E-state index in [2.05, 4.69) is 5.92 Å². The molecular weight excluding hydrogens is 254 g/mol. The molecule has 1 heterocycles. The molecule has 106 valence electrons. The summed E-state index contributed by atoms with van der Waals surface area (Å²) in [6.07, 6.45) is 5.01. The lowest BCUT2D eigenvalue weighted by Crippen LogP contribution is -2.57. The highest BCUT2D eigenvalue weighted by molar-refractivity contribution is 5.69. The lowest BCUT2D eigenvalue weighted by molar-refractivity contribution is -0.0221. The molecule has 0 spiro atoms. The highest BCUT2D eigenvalue weighted by Crippen LogP contribution is 2.20. The van der Waals surface area contributed by atoms with Crippen LogP contribution in [-0.2, 0) is 4.74 Å². The largest absolute Gasteiger partial charge is 0.487 e. The molecule has 1 aliphatic heterocycles. The van der Waals surface area contributed by atoms with Gasteiger partial charge in [-0.15, -0.1) is 6.42 Å². The van der Waals surface area contributed by atoms with E-state index in [1.165, 1.54) is 0 Å². The second-order valence-electron chi connectivity index (χ2n) is 5.79. The average Bonchev–Trinajstić information content (AvgIpc) is 2.31. The van der Waals surface area contributed by atoms with E-state index in [0.29, 0.717) is 13.1 Å². The monoisotopic (exact) mass is 273 g/mol. The summed E-state index contributed by atoms with van der Waals surface area (Å²) in [6.45, 7) is 6.65. The van der Waals surface area contributed by atoms with E-state index in [-0.39, 0.29) is 12.2 Å². The van der Waals surface area contributed by atoms with Crippen LogP contribution < -0.4 is 4.74 Å². The van der Waals surface area contributed by atoms with Gasteiger partial charge in [-0.05, 0) is 45.0 Å². The molecule has 1 fully saturated rings. The van der Waals surface area contributed by atoms with Crippen LogP contribution in [0.2, 0.25) is 0 Å². The SMILES string of the molecule is C#Cc1ccc(OC2CN(C(=O)OC(C)(C)C)C2)cc1. The number of amides is 1. The average molecular weight is 273 g/mol. The molecule has 20 heavy (non-hydrogen) atoms. The first-order valence-corrected chi connectivity index (χ1v) is 6.58. The van der Waals surface area contributed by atoms with E-state index >= 15 is 0 Å². The van der Waals surface area contributed by atoms with Gasteiger partial charge in [-0.2, -0.15) is 0 Å². The molecule has 1 saturated heterocycles. The van der Waals surface area contributed by atoms with Crippen LogP contribution in [0.3, 0.4) is 0 Å². The fourth-order valence-corrected chi connectivity index (χ4v) is 1.81. The molecule has 1 amide bonds. The number of carbonyl (C=O) groups is 1. The number of carbonyl (C=O) groups excluding carboxylic acids is 1. The minimum atomic E-state index is -0.464. The van der Waals surface area contributed by atoms with Gasteiger partial charge in [-0.3, -0.25) is 0 Å². The van der Waals surface area contributed by atoms with Gasteiger partial charge in [0.15, 0.2) is 0 Å². The predicted octanol–water partition coefficient (Wildman–Crippen LogP) is 2.67. The summed E-state index contributed by atoms with van der Waals surface area (Å²) in [5, 5.41) is 0. The Labute approximate surface area is 119 Å². The van der Waals surface area contributed by atoms with Gasteiger partial charge in [0.1, 0.15) is 17.5 Å². The first-order valence-electron chi connectivity index (χ1n) is 6.58. The molecule has 0 radical (unpaired) electrons. The molecule has 2 rings (SSSR count). The highest BCUT2D eigenvalue weighted by Gasteiger charge is 2.35. The lowest BCUT2D eigenvalue weighted by Gasteiger charge is -2.39. The van der Waals surface area contributed by atoms with Gasteiger partial charge < -0.3 is 14.4 Å². The number of benzene rings is 1. The number of terminal acetylenes is 1. The molecule has 0 atom stereocenters. The van der Waals surface area contributed by atoms with Crippen molar-refractivity contribution in [1.29, 1.82) is 0 Å². The van der Waals surface area contributed by atoms with Gasteiger partial charge in [0.25, 0.3) is 0 Å². The van der Waals surface area contributed by atoms with Gasteiger partial charge >= 0.3 is 6.09 Å². The minimum Gasteiger partial charge on any atom is -0.487 e. The summed E-state index contributed by atoms with van der Waals surface area (Å²) in [6, 6.07) is 7.34. The molecule has 0 unspecified atom stereocenters. The second-order valence-corrected chi connectivity index (χ2v) is 5.79. The van der Waals surface area contributed by atoms with Crippen molar-refractivity contribution in [2.75, 3.05) is 13.1 Å². The Balaban J connectivity index is 1.79. The molecule has 0 aliphatic carbocycles. The highest BCUT2D eigenvalue weighted by atomic mass is 16.6. The third-order valence-electron chi connectivity index (χ3n) is 2.82. The van der Waals surface area contributed by atoms with Crippen molar-refractivity contribution in [3.05, 3.63) is 29.8 Å². The van der Waals surface area contributed by atoms with Crippen molar-refractivity contribution < 1.29 is 14.3 Å². The zero-order valence-electron chi connectivity index (χ0n) is 12.1. The topological polar surface area (TPSA) is 38.8 Å². The first-order chi connectivity index (χ1) is 9.37. The third-order valence-corrected chi connectivity index (χ3v) is 2.82. The minimum absolute atomic E-state index is 0.0132. The maximum Gasteiger partial charge on any atom is 0.410 e. The van der Waals surface area contributed by atoms with Crippen LogP contribution in [-0.4, -0.2) is 35.8 Å². The van der Waals surface area contributed by atoms with Crippen LogP contribution in [0.25, 0.3) is 0 Å². The summed E-state index contributed by atoms with van der Waals surface area (Å²) >= 11 is 0. The van der Waals surface area contributed by atoms with E-state index in [9.17, 15) is 4.79 Å². The Morgan fingerprint density at radius 1 is 1.30 bits per heavy atom. The van der Waals surface area contributed by atoms with E-state index in [4.69, 9.17) is 15.9 Å². The normalized spacial score (nSPS) is 15.2. The first kappa shape index (κ1) is 14.3. The lowest BCUT2D eigenvalue weighted by atomic mass is 10.1. The van der Waals surface area contributed by atoms with Crippen LogP contribution in [0.4, 0.5) is 4.79 Å². The van der Waals surface area contributed by atoms with Gasteiger partial charge in [0, 0.05) is 5.56 Å². The van der Waals surface area contributed by atoms with Crippen LogP contribution in [0, 0.1) is 12.3 Å². The summed E-state index contributed by atoms with van der Waals surface area (Å²) in [5.74, 6) is 3.32. The summed E-state index contributed by atoms with van der Waals surface area (Å²) in [7, 11) is 0. The molecule has 0 bridgehead atoms. The van der Waals surface area contributed by atoms with Crippen molar-refractivity contribution >= 4 is 6.09 Å². The van der Waals surface area contributed by atoms with Crippen molar-refractivity contribution in [2.45, 2.75) is 32.5 Å². The van der Waals surface area contributed by atoms with E-state index in [1.807, 2.05) is 45.0 Å². The molecule has 4 nitrogen and oxygen atoms in total.